The number of rotatable bonds is 1. The minimum Gasteiger partial charge on any atom is -0.378 e. The van der Waals surface area contributed by atoms with Gasteiger partial charge in [0.2, 0.25) is 0 Å². The quantitative estimate of drug-likeness (QED) is 0.556. The Hall–Kier alpha value is -0.150. The highest BCUT2D eigenvalue weighted by Crippen LogP contribution is 2.09. The molecule has 2 nitrogen and oxygen atoms in total. The molecule has 0 aliphatic carbocycles. The summed E-state index contributed by atoms with van der Waals surface area (Å²) in [5.41, 5.74) is 0. The fraction of sp³-hybridized carbons (Fsp3) is 1.00. The molecule has 1 aliphatic heterocycles. The molecule has 1 heterocycles. The van der Waals surface area contributed by atoms with Gasteiger partial charge in [0, 0.05) is 12.6 Å². The fourth-order valence-electron chi connectivity index (χ4n) is 1.03. The van der Waals surface area contributed by atoms with Crippen LogP contribution in [0.1, 0.15) is 6.42 Å². The molecule has 0 saturated carbocycles. The molecule has 3 heteroatoms. The maximum atomic E-state index is 12.7. The lowest BCUT2D eigenvalue weighted by molar-refractivity contribution is 0.0160. The van der Waals surface area contributed by atoms with Crippen molar-refractivity contribution in [1.29, 1.82) is 0 Å². The van der Waals surface area contributed by atoms with E-state index in [1.165, 1.54) is 0 Å². The third-order valence-corrected chi connectivity index (χ3v) is 1.66. The molecular weight excluding hydrogens is 121 g/mol. The average molecular weight is 133 g/mol. The van der Waals surface area contributed by atoms with E-state index in [2.05, 4.69) is 5.32 Å². The monoisotopic (exact) mass is 133 g/mol. The molecule has 1 N–H and O–H groups in total. The van der Waals surface area contributed by atoms with Gasteiger partial charge in [0.25, 0.3) is 0 Å². The average Bonchev–Trinajstić information content (AvgIpc) is 1.89. The molecule has 1 saturated heterocycles. The van der Waals surface area contributed by atoms with Crippen molar-refractivity contribution < 1.29 is 9.13 Å². The summed E-state index contributed by atoms with van der Waals surface area (Å²) < 4.78 is 17.6. The summed E-state index contributed by atoms with van der Waals surface area (Å²) in [5, 5.41) is 2.90. The van der Waals surface area contributed by atoms with Crippen LogP contribution in [0.5, 0.6) is 0 Å². The summed E-state index contributed by atoms with van der Waals surface area (Å²) in [4.78, 5) is 0. The van der Waals surface area contributed by atoms with Crippen molar-refractivity contribution in [3.63, 3.8) is 0 Å². The number of alkyl halides is 1. The van der Waals surface area contributed by atoms with Gasteiger partial charge in [0.1, 0.15) is 6.17 Å². The minimum atomic E-state index is -0.816. The highest BCUT2D eigenvalue weighted by atomic mass is 19.1. The molecular formula is C6H12FNO. The second kappa shape index (κ2) is 3.13. The molecule has 9 heavy (non-hydrogen) atoms. The van der Waals surface area contributed by atoms with Crippen LogP contribution in [0.2, 0.25) is 0 Å². The highest BCUT2D eigenvalue weighted by molar-refractivity contribution is 4.77. The van der Waals surface area contributed by atoms with E-state index < -0.39 is 6.17 Å². The van der Waals surface area contributed by atoms with E-state index in [9.17, 15) is 4.39 Å². The van der Waals surface area contributed by atoms with E-state index in [1.54, 1.807) is 7.05 Å². The maximum Gasteiger partial charge on any atom is 0.139 e. The molecule has 0 unspecified atom stereocenters. The van der Waals surface area contributed by atoms with Crippen LogP contribution in [0, 0.1) is 0 Å². The molecule has 0 aromatic heterocycles. The van der Waals surface area contributed by atoms with E-state index in [4.69, 9.17) is 4.74 Å². The van der Waals surface area contributed by atoms with Gasteiger partial charge < -0.3 is 10.1 Å². The van der Waals surface area contributed by atoms with Gasteiger partial charge >= 0.3 is 0 Å². The second-order valence-electron chi connectivity index (χ2n) is 2.27. The first-order valence-corrected chi connectivity index (χ1v) is 3.23. The summed E-state index contributed by atoms with van der Waals surface area (Å²) in [6.07, 6.45) is -0.0266. The third-order valence-electron chi connectivity index (χ3n) is 1.66. The lowest BCUT2D eigenvalue weighted by atomic mass is 10.1. The first-order chi connectivity index (χ1) is 4.34. The smallest absolute Gasteiger partial charge is 0.139 e. The molecule has 2 atom stereocenters. The maximum absolute atomic E-state index is 12.7. The Balaban J connectivity index is 2.30. The van der Waals surface area contributed by atoms with E-state index in [-0.39, 0.29) is 12.6 Å². The molecule has 0 radical (unpaired) electrons. The van der Waals surface area contributed by atoms with Crippen molar-refractivity contribution in [1.82, 2.24) is 5.32 Å². The van der Waals surface area contributed by atoms with Gasteiger partial charge in [0.05, 0.1) is 6.61 Å². The number of halogens is 1. The SMILES string of the molecule is CN[C@@H]1CCOC[C@@H]1F. The molecule has 1 aliphatic rings. The summed E-state index contributed by atoms with van der Waals surface area (Å²) in [6.45, 7) is 0.942. The molecule has 0 bridgehead atoms. The largest absolute Gasteiger partial charge is 0.378 e. The van der Waals surface area contributed by atoms with E-state index in [0.717, 1.165) is 6.42 Å². The summed E-state index contributed by atoms with van der Waals surface area (Å²) in [6, 6.07) is 0.0127. The van der Waals surface area contributed by atoms with Crippen molar-refractivity contribution in [2.45, 2.75) is 18.6 Å². The Morgan fingerprint density at radius 3 is 2.89 bits per heavy atom. The Bertz CT molecular complexity index is 89.1. The van der Waals surface area contributed by atoms with E-state index in [0.29, 0.717) is 6.61 Å². The zero-order valence-corrected chi connectivity index (χ0v) is 5.56. The van der Waals surface area contributed by atoms with Crippen LogP contribution in [0.15, 0.2) is 0 Å². The molecule has 0 spiro atoms. The van der Waals surface area contributed by atoms with Crippen LogP contribution < -0.4 is 5.32 Å². The predicted octanol–water partition coefficient (Wildman–Crippen LogP) is 0.333. The zero-order valence-electron chi connectivity index (χ0n) is 5.56. The third kappa shape index (κ3) is 1.63. The number of hydrogen-bond donors (Lipinski definition) is 1. The summed E-state index contributed by atoms with van der Waals surface area (Å²) in [5.74, 6) is 0. The number of nitrogens with one attached hydrogen (secondary N) is 1. The van der Waals surface area contributed by atoms with Gasteiger partial charge in [-0.3, -0.25) is 0 Å². The topological polar surface area (TPSA) is 21.3 Å². The standard InChI is InChI=1S/C6H12FNO/c1-8-6-2-3-9-4-5(6)7/h5-6,8H,2-4H2,1H3/t5-,6+/m0/s1. The highest BCUT2D eigenvalue weighted by Gasteiger charge is 2.22. The van der Waals surface area contributed by atoms with Gasteiger partial charge in [-0.2, -0.15) is 0 Å². The second-order valence-corrected chi connectivity index (χ2v) is 2.27. The summed E-state index contributed by atoms with van der Waals surface area (Å²) >= 11 is 0. The van der Waals surface area contributed by atoms with Crippen LogP contribution in [0.3, 0.4) is 0 Å². The lowest BCUT2D eigenvalue weighted by Gasteiger charge is -2.25. The Morgan fingerprint density at radius 1 is 1.67 bits per heavy atom. The number of hydrogen-bond acceptors (Lipinski definition) is 2. The minimum absolute atomic E-state index is 0.0127. The molecule has 1 fully saturated rings. The van der Waals surface area contributed by atoms with E-state index >= 15 is 0 Å². The van der Waals surface area contributed by atoms with Crippen molar-refractivity contribution in [2.75, 3.05) is 20.3 Å². The van der Waals surface area contributed by atoms with Crippen LogP contribution in [0.25, 0.3) is 0 Å². The van der Waals surface area contributed by atoms with Crippen LogP contribution >= 0.6 is 0 Å². The first kappa shape index (κ1) is 6.96. The normalized spacial score (nSPS) is 36.7. The Labute approximate surface area is 54.4 Å². The molecule has 1 rings (SSSR count). The molecule has 0 aromatic carbocycles. The lowest BCUT2D eigenvalue weighted by Crippen LogP contribution is -2.42. The van der Waals surface area contributed by atoms with Crippen LogP contribution in [-0.4, -0.2) is 32.5 Å². The van der Waals surface area contributed by atoms with Gasteiger partial charge in [0.15, 0.2) is 0 Å². The van der Waals surface area contributed by atoms with Crippen LogP contribution in [-0.2, 0) is 4.74 Å². The van der Waals surface area contributed by atoms with Gasteiger partial charge in [-0.05, 0) is 13.5 Å². The van der Waals surface area contributed by atoms with Crippen molar-refractivity contribution in [3.8, 4) is 0 Å². The Kier molecular flexibility index (Phi) is 2.42. The number of ether oxygens (including phenoxy) is 1. The van der Waals surface area contributed by atoms with Crippen molar-refractivity contribution in [3.05, 3.63) is 0 Å². The van der Waals surface area contributed by atoms with E-state index in [1.807, 2.05) is 0 Å². The van der Waals surface area contributed by atoms with Gasteiger partial charge in [-0.1, -0.05) is 0 Å². The van der Waals surface area contributed by atoms with Gasteiger partial charge in [-0.15, -0.1) is 0 Å². The van der Waals surface area contributed by atoms with Crippen molar-refractivity contribution in [2.24, 2.45) is 0 Å². The molecule has 0 aromatic rings. The first-order valence-electron chi connectivity index (χ1n) is 3.23. The Morgan fingerprint density at radius 2 is 2.44 bits per heavy atom. The predicted molar refractivity (Wildman–Crippen MR) is 33.2 cm³/mol. The molecule has 0 amide bonds. The fourth-order valence-corrected chi connectivity index (χ4v) is 1.03. The summed E-state index contributed by atoms with van der Waals surface area (Å²) in [7, 11) is 1.78. The zero-order chi connectivity index (χ0) is 6.69. The van der Waals surface area contributed by atoms with Crippen LogP contribution in [0.4, 0.5) is 4.39 Å². The van der Waals surface area contributed by atoms with Gasteiger partial charge in [-0.25, -0.2) is 4.39 Å². The molecule has 54 valence electrons. The van der Waals surface area contributed by atoms with Crippen molar-refractivity contribution >= 4 is 0 Å².